The summed E-state index contributed by atoms with van der Waals surface area (Å²) < 4.78 is 5.09. The lowest BCUT2D eigenvalue weighted by Crippen LogP contribution is -1.87. The van der Waals surface area contributed by atoms with Crippen molar-refractivity contribution in [3.63, 3.8) is 0 Å². The summed E-state index contributed by atoms with van der Waals surface area (Å²) in [5.41, 5.74) is 2.55. The fourth-order valence-corrected chi connectivity index (χ4v) is 1.70. The van der Waals surface area contributed by atoms with E-state index in [0.29, 0.717) is 5.57 Å². The number of benzene rings is 2. The van der Waals surface area contributed by atoms with Gasteiger partial charge in [-0.15, -0.1) is 0 Å². The smallest absolute Gasteiger partial charge is 0.150 e. The maximum absolute atomic E-state index is 11.2. The molecule has 0 spiro atoms. The fourth-order valence-electron chi connectivity index (χ4n) is 1.70. The molecule has 0 heterocycles. The number of hydrogen-bond donors (Lipinski definition) is 0. The van der Waals surface area contributed by atoms with Gasteiger partial charge in [-0.1, -0.05) is 42.5 Å². The Morgan fingerprint density at radius 1 is 1.00 bits per heavy atom. The molecule has 0 saturated heterocycles. The first-order chi connectivity index (χ1) is 8.83. The molecule has 0 radical (unpaired) electrons. The van der Waals surface area contributed by atoms with Crippen LogP contribution in [0.4, 0.5) is 0 Å². The molecule has 18 heavy (non-hydrogen) atoms. The Morgan fingerprint density at radius 2 is 1.67 bits per heavy atom. The molecule has 2 aromatic rings. The second-order valence-corrected chi connectivity index (χ2v) is 3.86. The second kappa shape index (κ2) is 5.82. The van der Waals surface area contributed by atoms with Crippen LogP contribution in [-0.4, -0.2) is 13.4 Å². The van der Waals surface area contributed by atoms with Gasteiger partial charge in [-0.25, -0.2) is 0 Å². The van der Waals surface area contributed by atoms with Crippen LogP contribution in [0, 0.1) is 0 Å². The molecular weight excluding hydrogens is 224 g/mol. The molecule has 0 amide bonds. The third-order valence-electron chi connectivity index (χ3n) is 2.67. The summed E-state index contributed by atoms with van der Waals surface area (Å²) in [4.78, 5) is 11.2. The van der Waals surface area contributed by atoms with Gasteiger partial charge in [-0.05, 0) is 29.3 Å². The first-order valence-corrected chi connectivity index (χ1v) is 5.70. The molecule has 2 nitrogen and oxygen atoms in total. The SMILES string of the molecule is COc1ccc(/C(C=O)=C/c2ccccc2)cc1. The Balaban J connectivity index is 2.33. The van der Waals surface area contributed by atoms with Crippen molar-refractivity contribution in [2.75, 3.05) is 7.11 Å². The van der Waals surface area contributed by atoms with E-state index in [4.69, 9.17) is 4.74 Å². The van der Waals surface area contributed by atoms with Crippen molar-refractivity contribution in [2.24, 2.45) is 0 Å². The van der Waals surface area contributed by atoms with Crippen molar-refractivity contribution in [3.8, 4) is 5.75 Å². The van der Waals surface area contributed by atoms with Crippen molar-refractivity contribution >= 4 is 17.9 Å². The number of rotatable bonds is 4. The molecule has 90 valence electrons. The van der Waals surface area contributed by atoms with E-state index in [-0.39, 0.29) is 0 Å². The van der Waals surface area contributed by atoms with Crippen molar-refractivity contribution in [1.29, 1.82) is 0 Å². The Hall–Kier alpha value is -2.35. The number of allylic oxidation sites excluding steroid dienone is 1. The zero-order valence-corrected chi connectivity index (χ0v) is 10.2. The van der Waals surface area contributed by atoms with Gasteiger partial charge in [0.15, 0.2) is 6.29 Å². The molecule has 2 rings (SSSR count). The van der Waals surface area contributed by atoms with Crippen LogP contribution in [0.25, 0.3) is 11.6 Å². The molecule has 0 saturated carbocycles. The highest BCUT2D eigenvalue weighted by Gasteiger charge is 2.01. The highest BCUT2D eigenvalue weighted by molar-refractivity contribution is 6.13. The lowest BCUT2D eigenvalue weighted by molar-refractivity contribution is -0.103. The molecule has 0 aromatic heterocycles. The third kappa shape index (κ3) is 2.86. The van der Waals surface area contributed by atoms with Crippen LogP contribution in [0.1, 0.15) is 11.1 Å². The van der Waals surface area contributed by atoms with Gasteiger partial charge in [0.05, 0.1) is 7.11 Å². The van der Waals surface area contributed by atoms with E-state index in [1.165, 1.54) is 0 Å². The quantitative estimate of drug-likeness (QED) is 0.463. The normalized spacial score (nSPS) is 11.1. The molecule has 0 atom stereocenters. The van der Waals surface area contributed by atoms with Gasteiger partial charge in [0.2, 0.25) is 0 Å². The Morgan fingerprint density at radius 3 is 2.22 bits per heavy atom. The number of ether oxygens (including phenoxy) is 1. The predicted molar refractivity (Wildman–Crippen MR) is 73.4 cm³/mol. The lowest BCUT2D eigenvalue weighted by Gasteiger charge is -2.03. The van der Waals surface area contributed by atoms with Crippen molar-refractivity contribution in [2.45, 2.75) is 0 Å². The number of hydrogen-bond acceptors (Lipinski definition) is 2. The minimum absolute atomic E-state index is 0.656. The van der Waals surface area contributed by atoms with Gasteiger partial charge in [-0.2, -0.15) is 0 Å². The minimum atomic E-state index is 0.656. The molecule has 2 aromatic carbocycles. The van der Waals surface area contributed by atoms with Crippen molar-refractivity contribution in [1.82, 2.24) is 0 Å². The zero-order valence-electron chi connectivity index (χ0n) is 10.2. The van der Waals surface area contributed by atoms with Crippen LogP contribution in [0.3, 0.4) is 0 Å². The molecule has 0 aliphatic carbocycles. The number of carbonyl (C=O) groups is 1. The van der Waals surface area contributed by atoms with Gasteiger partial charge < -0.3 is 4.74 Å². The third-order valence-corrected chi connectivity index (χ3v) is 2.67. The molecule has 0 aliphatic heterocycles. The van der Waals surface area contributed by atoms with Gasteiger partial charge in [0.25, 0.3) is 0 Å². The van der Waals surface area contributed by atoms with Crippen LogP contribution >= 0.6 is 0 Å². The van der Waals surface area contributed by atoms with Crippen molar-refractivity contribution < 1.29 is 9.53 Å². The number of aldehydes is 1. The number of methoxy groups -OCH3 is 1. The highest BCUT2D eigenvalue weighted by atomic mass is 16.5. The zero-order chi connectivity index (χ0) is 12.8. The van der Waals surface area contributed by atoms with Crippen LogP contribution in [-0.2, 0) is 4.79 Å². The van der Waals surface area contributed by atoms with Gasteiger partial charge >= 0.3 is 0 Å². The molecule has 0 aliphatic rings. The molecular formula is C16H14O2. The maximum Gasteiger partial charge on any atom is 0.150 e. The first-order valence-electron chi connectivity index (χ1n) is 5.70. The molecule has 0 bridgehead atoms. The minimum Gasteiger partial charge on any atom is -0.497 e. The molecule has 0 fully saturated rings. The van der Waals surface area contributed by atoms with E-state index in [9.17, 15) is 4.79 Å². The van der Waals surface area contributed by atoms with E-state index in [0.717, 1.165) is 23.2 Å². The monoisotopic (exact) mass is 238 g/mol. The molecule has 2 heteroatoms. The summed E-state index contributed by atoms with van der Waals surface area (Å²) in [6.45, 7) is 0. The lowest BCUT2D eigenvalue weighted by atomic mass is 10.0. The molecule has 0 unspecified atom stereocenters. The summed E-state index contributed by atoms with van der Waals surface area (Å²) >= 11 is 0. The van der Waals surface area contributed by atoms with Crippen LogP contribution in [0.15, 0.2) is 54.6 Å². The summed E-state index contributed by atoms with van der Waals surface area (Å²) in [5.74, 6) is 0.781. The van der Waals surface area contributed by atoms with Crippen LogP contribution in [0.2, 0.25) is 0 Å². The van der Waals surface area contributed by atoms with E-state index >= 15 is 0 Å². The second-order valence-electron chi connectivity index (χ2n) is 3.86. The van der Waals surface area contributed by atoms with E-state index in [2.05, 4.69) is 0 Å². The van der Waals surface area contributed by atoms with E-state index < -0.39 is 0 Å². The maximum atomic E-state index is 11.2. The van der Waals surface area contributed by atoms with Gasteiger partial charge in [-0.3, -0.25) is 4.79 Å². The topological polar surface area (TPSA) is 26.3 Å². The Bertz CT molecular complexity index is 539. The van der Waals surface area contributed by atoms with Crippen molar-refractivity contribution in [3.05, 3.63) is 65.7 Å². The highest BCUT2D eigenvalue weighted by Crippen LogP contribution is 2.19. The van der Waals surface area contributed by atoms with Crippen LogP contribution in [0.5, 0.6) is 5.75 Å². The summed E-state index contributed by atoms with van der Waals surface area (Å²) in [5, 5.41) is 0. The molecule has 0 N–H and O–H groups in total. The average molecular weight is 238 g/mol. The average Bonchev–Trinajstić information content (AvgIpc) is 2.46. The fraction of sp³-hybridized carbons (Fsp3) is 0.0625. The predicted octanol–water partition coefficient (Wildman–Crippen LogP) is 3.43. The number of carbonyl (C=O) groups excluding carboxylic acids is 1. The van der Waals surface area contributed by atoms with Crippen LogP contribution < -0.4 is 4.74 Å². The van der Waals surface area contributed by atoms with E-state index in [1.54, 1.807) is 7.11 Å². The van der Waals surface area contributed by atoms with Gasteiger partial charge in [0, 0.05) is 5.57 Å². The summed E-state index contributed by atoms with van der Waals surface area (Å²) in [6, 6.07) is 17.2. The van der Waals surface area contributed by atoms with E-state index in [1.807, 2.05) is 60.7 Å². The standard InChI is InChI=1S/C16H14O2/c1-18-16-9-7-14(8-10-16)15(12-17)11-13-5-3-2-4-6-13/h2-12H,1H3/b15-11+. The summed E-state index contributed by atoms with van der Waals surface area (Å²) in [7, 11) is 1.62. The Labute approximate surface area is 107 Å². The summed E-state index contributed by atoms with van der Waals surface area (Å²) in [6.07, 6.45) is 2.74. The largest absolute Gasteiger partial charge is 0.497 e. The Kier molecular flexibility index (Phi) is 3.92. The first kappa shape index (κ1) is 12.1. The van der Waals surface area contributed by atoms with Gasteiger partial charge in [0.1, 0.15) is 5.75 Å².